The summed E-state index contributed by atoms with van der Waals surface area (Å²) in [6.45, 7) is 10.0. The van der Waals surface area contributed by atoms with Gasteiger partial charge in [0.2, 0.25) is 0 Å². The number of hydrogen-bond acceptors (Lipinski definition) is 4. The van der Waals surface area contributed by atoms with Crippen molar-refractivity contribution in [1.29, 1.82) is 0 Å². The summed E-state index contributed by atoms with van der Waals surface area (Å²) in [5.41, 5.74) is -0.695. The van der Waals surface area contributed by atoms with Gasteiger partial charge in [0, 0.05) is 0 Å². The Morgan fingerprint density at radius 3 is 1.79 bits per heavy atom. The maximum absolute atomic E-state index is 11.9. The van der Waals surface area contributed by atoms with E-state index in [-0.39, 0.29) is 12.2 Å². The molecule has 0 saturated heterocycles. The summed E-state index contributed by atoms with van der Waals surface area (Å²) in [6.07, 6.45) is 0.304. The van der Waals surface area contributed by atoms with E-state index < -0.39 is 13.1 Å². The van der Waals surface area contributed by atoms with Crippen LogP contribution in [0.5, 0.6) is 0 Å². The Bertz CT molecular complexity index is 244. The predicted molar refractivity (Wildman–Crippen MR) is 55.3 cm³/mol. The molecule has 0 rings (SSSR count). The first-order valence-corrected chi connectivity index (χ1v) is 6.00. The van der Waals surface area contributed by atoms with Gasteiger partial charge in [-0.1, -0.05) is 6.58 Å². The average molecular weight is 220 g/mol. The zero-order valence-corrected chi connectivity index (χ0v) is 9.91. The fourth-order valence-corrected chi connectivity index (χ4v) is 2.39. The molecule has 0 saturated carbocycles. The Morgan fingerprint density at radius 2 is 1.57 bits per heavy atom. The first kappa shape index (κ1) is 13.6. The van der Waals surface area contributed by atoms with Crippen molar-refractivity contribution in [2.24, 2.45) is 0 Å². The summed E-state index contributed by atoms with van der Waals surface area (Å²) in [5.74, 6) is 0. The molecule has 0 fully saturated rings. The number of carbonyl (C=O) groups excluding carboxylic acids is 1. The fourth-order valence-electron chi connectivity index (χ4n) is 0.796. The molecule has 82 valence electrons. The van der Waals surface area contributed by atoms with Gasteiger partial charge in [-0.15, -0.1) is 0 Å². The van der Waals surface area contributed by atoms with Crippen LogP contribution in [0.3, 0.4) is 0 Å². The molecule has 0 aliphatic rings. The highest BCUT2D eigenvalue weighted by molar-refractivity contribution is 7.72. The lowest BCUT2D eigenvalue weighted by Crippen LogP contribution is -2.12. The monoisotopic (exact) mass is 220 g/mol. The quantitative estimate of drug-likeness (QED) is 0.510. The van der Waals surface area contributed by atoms with Crippen LogP contribution in [0.2, 0.25) is 0 Å². The van der Waals surface area contributed by atoms with Gasteiger partial charge in [0.05, 0.1) is 12.2 Å². The lowest BCUT2D eigenvalue weighted by molar-refractivity contribution is -0.110. The molecule has 0 unspecified atom stereocenters. The van der Waals surface area contributed by atoms with Gasteiger partial charge >= 0.3 is 7.60 Å². The Hall–Kier alpha value is -0.440. The number of rotatable bonds is 6. The molecular weight excluding hydrogens is 203 g/mol. The zero-order valence-electron chi connectivity index (χ0n) is 9.02. The summed E-state index contributed by atoms with van der Waals surface area (Å²) in [6, 6.07) is 0. The molecule has 0 aromatic rings. The van der Waals surface area contributed by atoms with Crippen molar-refractivity contribution < 1.29 is 18.4 Å². The van der Waals surface area contributed by atoms with Crippen molar-refractivity contribution in [3.05, 3.63) is 12.7 Å². The van der Waals surface area contributed by atoms with Gasteiger partial charge in [-0.05, 0) is 33.8 Å². The molecule has 0 radical (unpaired) electrons. The van der Waals surface area contributed by atoms with E-state index in [4.69, 9.17) is 9.05 Å². The second-order valence-corrected chi connectivity index (χ2v) is 5.21. The van der Waals surface area contributed by atoms with Crippen molar-refractivity contribution in [3.8, 4) is 0 Å². The van der Waals surface area contributed by atoms with Crippen LogP contribution < -0.4 is 0 Å². The minimum Gasteiger partial charge on any atom is -0.300 e. The van der Waals surface area contributed by atoms with Gasteiger partial charge in [-0.25, -0.2) is 0 Å². The molecule has 0 amide bonds. The standard InChI is InChI=1S/C9H17O4P/c1-6-9(10)14(11,12-7(2)3)13-8(4)5/h6-8H,1H2,2-5H3. The molecule has 0 atom stereocenters. The van der Waals surface area contributed by atoms with Crippen LogP contribution in [0.4, 0.5) is 0 Å². The SMILES string of the molecule is C=CC(=O)P(=O)(OC(C)C)OC(C)C. The van der Waals surface area contributed by atoms with Crippen molar-refractivity contribution in [3.63, 3.8) is 0 Å². The van der Waals surface area contributed by atoms with Crippen LogP contribution in [0.15, 0.2) is 12.7 Å². The molecule has 0 aromatic heterocycles. The Balaban J connectivity index is 4.76. The molecule has 5 heteroatoms. The van der Waals surface area contributed by atoms with E-state index in [0.717, 1.165) is 6.08 Å². The average Bonchev–Trinajstić information content (AvgIpc) is 1.99. The van der Waals surface area contributed by atoms with Crippen LogP contribution >= 0.6 is 7.60 Å². The highest BCUT2D eigenvalue weighted by Crippen LogP contribution is 2.51. The van der Waals surface area contributed by atoms with Crippen molar-refractivity contribution in [1.82, 2.24) is 0 Å². The number of carbonyl (C=O) groups is 1. The molecule has 0 aliphatic heterocycles. The topological polar surface area (TPSA) is 52.6 Å². The second-order valence-electron chi connectivity index (χ2n) is 3.35. The van der Waals surface area contributed by atoms with E-state index in [1.165, 1.54) is 0 Å². The van der Waals surface area contributed by atoms with Crippen LogP contribution in [0.1, 0.15) is 27.7 Å². The van der Waals surface area contributed by atoms with Gasteiger partial charge in [-0.2, -0.15) is 0 Å². The lowest BCUT2D eigenvalue weighted by Gasteiger charge is -2.19. The molecule has 0 heterocycles. The van der Waals surface area contributed by atoms with Gasteiger partial charge < -0.3 is 9.05 Å². The molecule has 0 bridgehead atoms. The van der Waals surface area contributed by atoms with Crippen LogP contribution in [0.25, 0.3) is 0 Å². The third-order valence-electron chi connectivity index (χ3n) is 1.14. The van der Waals surface area contributed by atoms with Crippen molar-refractivity contribution in [2.45, 2.75) is 39.9 Å². The first-order valence-electron chi connectivity index (χ1n) is 4.45. The maximum Gasteiger partial charge on any atom is 0.401 e. The van der Waals surface area contributed by atoms with Crippen LogP contribution in [0, 0.1) is 0 Å². The zero-order chi connectivity index (χ0) is 11.4. The van der Waals surface area contributed by atoms with Gasteiger partial charge in [0.15, 0.2) is 0 Å². The van der Waals surface area contributed by atoms with Gasteiger partial charge in [0.1, 0.15) is 0 Å². The second kappa shape index (κ2) is 5.44. The highest BCUT2D eigenvalue weighted by atomic mass is 31.2. The maximum atomic E-state index is 11.9. The number of hydrogen-bond donors (Lipinski definition) is 0. The number of allylic oxidation sites excluding steroid dienone is 1. The third kappa shape index (κ3) is 4.18. The smallest absolute Gasteiger partial charge is 0.300 e. The third-order valence-corrected chi connectivity index (χ3v) is 3.26. The van der Waals surface area contributed by atoms with Crippen molar-refractivity contribution >= 4 is 13.1 Å². The Labute approximate surface area is 84.8 Å². The van der Waals surface area contributed by atoms with E-state index >= 15 is 0 Å². The summed E-state index contributed by atoms with van der Waals surface area (Å²) >= 11 is 0. The predicted octanol–water partition coefficient (Wildman–Crippen LogP) is 2.74. The summed E-state index contributed by atoms with van der Waals surface area (Å²) in [4.78, 5) is 11.3. The molecule has 0 N–H and O–H groups in total. The fraction of sp³-hybridized carbons (Fsp3) is 0.667. The molecule has 0 aliphatic carbocycles. The van der Waals surface area contributed by atoms with Gasteiger partial charge in [0.25, 0.3) is 5.52 Å². The molecular formula is C9H17O4P. The highest BCUT2D eigenvalue weighted by Gasteiger charge is 2.34. The first-order chi connectivity index (χ1) is 6.31. The minimum atomic E-state index is -3.68. The summed E-state index contributed by atoms with van der Waals surface area (Å²) in [7, 11) is -3.68. The summed E-state index contributed by atoms with van der Waals surface area (Å²) < 4.78 is 21.9. The lowest BCUT2D eigenvalue weighted by atomic mass is 10.5. The van der Waals surface area contributed by atoms with E-state index in [0.29, 0.717) is 0 Å². The molecule has 14 heavy (non-hydrogen) atoms. The molecule has 0 spiro atoms. The molecule has 4 nitrogen and oxygen atoms in total. The molecule has 0 aromatic carbocycles. The van der Waals surface area contributed by atoms with Crippen LogP contribution in [-0.2, 0) is 18.4 Å². The summed E-state index contributed by atoms with van der Waals surface area (Å²) in [5, 5.41) is 0. The Kier molecular flexibility index (Phi) is 5.27. The van der Waals surface area contributed by atoms with E-state index in [1.54, 1.807) is 27.7 Å². The van der Waals surface area contributed by atoms with Gasteiger partial charge in [-0.3, -0.25) is 9.36 Å². The van der Waals surface area contributed by atoms with E-state index in [2.05, 4.69) is 6.58 Å². The van der Waals surface area contributed by atoms with E-state index in [1.807, 2.05) is 0 Å². The van der Waals surface area contributed by atoms with Crippen LogP contribution in [-0.4, -0.2) is 17.7 Å². The largest absolute Gasteiger partial charge is 0.401 e. The van der Waals surface area contributed by atoms with Crippen molar-refractivity contribution in [2.75, 3.05) is 0 Å². The Morgan fingerprint density at radius 1 is 1.21 bits per heavy atom. The van der Waals surface area contributed by atoms with E-state index in [9.17, 15) is 9.36 Å². The minimum absolute atomic E-state index is 0.330. The normalized spacial score (nSPS) is 12.1.